The molecule has 0 aliphatic rings. The van der Waals surface area contributed by atoms with E-state index in [1.807, 2.05) is 0 Å². The van der Waals surface area contributed by atoms with Gasteiger partial charge in [0.2, 0.25) is 0 Å². The minimum Gasteiger partial charge on any atom is -0.372 e. The Kier molecular flexibility index (Phi) is 6.40. The number of rotatable bonds is 8. The molecule has 1 aromatic carbocycles. The van der Waals surface area contributed by atoms with Gasteiger partial charge in [-0.15, -0.1) is 0 Å². The monoisotopic (exact) mass is 298 g/mol. The summed E-state index contributed by atoms with van der Waals surface area (Å²) >= 11 is 10.8. The van der Waals surface area contributed by atoms with Gasteiger partial charge in [0, 0.05) is 27.2 Å². The Morgan fingerprint density at radius 2 is 1.47 bits per heavy atom. The molecule has 2 nitrogen and oxygen atoms in total. The molecule has 0 radical (unpaired) electrons. The zero-order valence-corrected chi connectivity index (χ0v) is 14.5. The van der Waals surface area contributed by atoms with Crippen molar-refractivity contribution in [3.63, 3.8) is 0 Å². The summed E-state index contributed by atoms with van der Waals surface area (Å²) in [7, 11) is 4.21. The van der Waals surface area contributed by atoms with Crippen LogP contribution in [0.1, 0.15) is 40.0 Å². The normalized spacial score (nSPS) is 11.3. The van der Waals surface area contributed by atoms with Crippen molar-refractivity contribution in [3.05, 3.63) is 9.02 Å². The Bertz CT molecular complexity index is 473. The van der Waals surface area contributed by atoms with E-state index in [9.17, 15) is 0 Å². The lowest BCUT2D eigenvalue weighted by Crippen LogP contribution is -2.27. The van der Waals surface area contributed by atoms with E-state index in [4.69, 9.17) is 24.4 Å². The van der Waals surface area contributed by atoms with Gasteiger partial charge in [0.1, 0.15) is 0 Å². The first kappa shape index (κ1) is 16.6. The zero-order chi connectivity index (χ0) is 14.6. The Hall–Kier alpha value is -0.480. The first-order valence-electron chi connectivity index (χ1n) is 7.15. The van der Waals surface area contributed by atoms with E-state index in [1.165, 1.54) is 24.9 Å². The Labute approximate surface area is 128 Å². The standard InChI is InChI=1S/C15H26N2S2/c1-6-16(4)12-13(15(19)14(12)18)17(5)10-8-7-9-11(2)3/h11H,6-10H2,1-5H3. The molecule has 0 saturated heterocycles. The molecular formula is C15H26N2S2. The van der Waals surface area contributed by atoms with Gasteiger partial charge < -0.3 is 9.80 Å². The van der Waals surface area contributed by atoms with Crippen LogP contribution in [0.5, 0.6) is 0 Å². The van der Waals surface area contributed by atoms with Gasteiger partial charge in [-0.05, 0) is 19.3 Å². The second kappa shape index (κ2) is 7.34. The zero-order valence-electron chi connectivity index (χ0n) is 12.8. The van der Waals surface area contributed by atoms with Crippen LogP contribution in [-0.4, -0.2) is 27.2 Å². The van der Waals surface area contributed by atoms with Crippen LogP contribution in [0.15, 0.2) is 0 Å². The second-order valence-electron chi connectivity index (χ2n) is 5.68. The molecule has 1 rings (SSSR count). The molecule has 0 aliphatic carbocycles. The SMILES string of the molecule is CCN(C)c1c(N(C)CCCCC(C)C)c(=S)c1=S. The molecule has 0 unspecified atom stereocenters. The van der Waals surface area contributed by atoms with Crippen LogP contribution in [0.3, 0.4) is 0 Å². The van der Waals surface area contributed by atoms with Crippen LogP contribution < -0.4 is 9.80 Å². The molecule has 0 spiro atoms. The fourth-order valence-electron chi connectivity index (χ4n) is 2.25. The predicted octanol–water partition coefficient (Wildman–Crippen LogP) is 4.74. The number of unbranched alkanes of at least 4 members (excludes halogenated alkanes) is 1. The summed E-state index contributed by atoms with van der Waals surface area (Å²) in [6, 6.07) is 0. The van der Waals surface area contributed by atoms with Crippen LogP contribution in [-0.2, 0) is 0 Å². The van der Waals surface area contributed by atoms with E-state index in [2.05, 4.69) is 44.7 Å². The average Bonchev–Trinajstić information content (AvgIpc) is 2.38. The highest BCUT2D eigenvalue weighted by molar-refractivity contribution is 7.74. The van der Waals surface area contributed by atoms with Gasteiger partial charge in [-0.2, -0.15) is 0 Å². The third-order valence-electron chi connectivity index (χ3n) is 3.62. The molecule has 0 N–H and O–H groups in total. The van der Waals surface area contributed by atoms with Crippen molar-refractivity contribution in [1.82, 2.24) is 0 Å². The van der Waals surface area contributed by atoms with Gasteiger partial charge in [-0.3, -0.25) is 0 Å². The summed E-state index contributed by atoms with van der Waals surface area (Å²) in [5.41, 5.74) is 2.34. The summed E-state index contributed by atoms with van der Waals surface area (Å²) in [5, 5.41) is 0. The fourth-order valence-corrected chi connectivity index (χ4v) is 2.95. The maximum absolute atomic E-state index is 5.40. The molecule has 0 atom stereocenters. The highest BCUT2D eigenvalue weighted by Crippen LogP contribution is 2.37. The lowest BCUT2D eigenvalue weighted by molar-refractivity contribution is 0.538. The van der Waals surface area contributed by atoms with Gasteiger partial charge in [-0.1, -0.05) is 51.1 Å². The van der Waals surface area contributed by atoms with Gasteiger partial charge in [-0.25, -0.2) is 0 Å². The summed E-state index contributed by atoms with van der Waals surface area (Å²) < 4.78 is 1.74. The van der Waals surface area contributed by atoms with E-state index in [1.54, 1.807) is 0 Å². The largest absolute Gasteiger partial charge is 0.372 e. The van der Waals surface area contributed by atoms with Crippen LogP contribution >= 0.6 is 24.4 Å². The van der Waals surface area contributed by atoms with E-state index in [0.29, 0.717) is 0 Å². The topological polar surface area (TPSA) is 6.48 Å². The third-order valence-corrected chi connectivity index (χ3v) is 4.55. The van der Waals surface area contributed by atoms with Crippen LogP contribution in [0.2, 0.25) is 0 Å². The Morgan fingerprint density at radius 3 is 1.95 bits per heavy atom. The van der Waals surface area contributed by atoms with Crippen molar-refractivity contribution in [1.29, 1.82) is 0 Å². The molecule has 0 amide bonds. The first-order chi connectivity index (χ1) is 8.90. The second-order valence-corrected chi connectivity index (χ2v) is 6.50. The van der Waals surface area contributed by atoms with Crippen LogP contribution in [0, 0.1) is 14.9 Å². The highest BCUT2D eigenvalue weighted by atomic mass is 32.1. The van der Waals surface area contributed by atoms with Crippen LogP contribution in [0.25, 0.3) is 0 Å². The van der Waals surface area contributed by atoms with Crippen molar-refractivity contribution < 1.29 is 0 Å². The highest BCUT2D eigenvalue weighted by Gasteiger charge is 2.20. The molecule has 0 fully saturated rings. The van der Waals surface area contributed by atoms with E-state index in [0.717, 1.165) is 33.7 Å². The van der Waals surface area contributed by atoms with Gasteiger partial charge in [0.25, 0.3) is 0 Å². The summed E-state index contributed by atoms with van der Waals surface area (Å²) in [4.78, 5) is 4.47. The van der Waals surface area contributed by atoms with E-state index < -0.39 is 0 Å². The van der Waals surface area contributed by atoms with Crippen molar-refractivity contribution in [2.75, 3.05) is 37.0 Å². The lowest BCUT2D eigenvalue weighted by atomic mass is 10.1. The van der Waals surface area contributed by atoms with Gasteiger partial charge in [0.15, 0.2) is 0 Å². The molecule has 1 aromatic rings. The van der Waals surface area contributed by atoms with Crippen molar-refractivity contribution in [2.24, 2.45) is 5.92 Å². The fraction of sp³-hybridized carbons (Fsp3) is 0.733. The Balaban J connectivity index is 2.63. The van der Waals surface area contributed by atoms with Crippen molar-refractivity contribution in [3.8, 4) is 0 Å². The number of hydrogen-bond donors (Lipinski definition) is 0. The number of nitrogens with zero attached hydrogens (tertiary/aromatic N) is 2. The molecule has 108 valence electrons. The summed E-state index contributed by atoms with van der Waals surface area (Å²) in [5.74, 6) is 0.795. The molecule has 0 heterocycles. The molecule has 0 aromatic heterocycles. The molecule has 0 bridgehead atoms. The lowest BCUT2D eigenvalue weighted by Gasteiger charge is -2.30. The quantitative estimate of drug-likeness (QED) is 0.505. The predicted molar refractivity (Wildman–Crippen MR) is 91.4 cm³/mol. The maximum Gasteiger partial charge on any atom is 0.0834 e. The van der Waals surface area contributed by atoms with Crippen LogP contribution in [0.4, 0.5) is 11.4 Å². The summed E-state index contributed by atoms with van der Waals surface area (Å²) in [6.45, 7) is 8.71. The molecule has 0 aliphatic heterocycles. The smallest absolute Gasteiger partial charge is 0.0834 e. The molecule has 4 heteroatoms. The average molecular weight is 299 g/mol. The Morgan fingerprint density at radius 1 is 0.947 bits per heavy atom. The maximum atomic E-state index is 5.40. The minimum absolute atomic E-state index is 0.795. The van der Waals surface area contributed by atoms with Crippen molar-refractivity contribution in [2.45, 2.75) is 40.0 Å². The van der Waals surface area contributed by atoms with Crippen molar-refractivity contribution >= 4 is 35.8 Å². The third kappa shape index (κ3) is 3.99. The van der Waals surface area contributed by atoms with E-state index in [-0.39, 0.29) is 0 Å². The first-order valence-corrected chi connectivity index (χ1v) is 7.97. The number of anilines is 2. The summed E-state index contributed by atoms with van der Waals surface area (Å²) in [6.07, 6.45) is 3.81. The molecule has 0 saturated carbocycles. The van der Waals surface area contributed by atoms with Gasteiger partial charge in [0.05, 0.1) is 20.4 Å². The minimum atomic E-state index is 0.795. The number of hydrogen-bond acceptors (Lipinski definition) is 4. The molecular weight excluding hydrogens is 272 g/mol. The molecule has 19 heavy (non-hydrogen) atoms. The van der Waals surface area contributed by atoms with Gasteiger partial charge >= 0.3 is 0 Å². The van der Waals surface area contributed by atoms with E-state index >= 15 is 0 Å².